The molecule has 11 nitrogen and oxygen atoms in total. The summed E-state index contributed by atoms with van der Waals surface area (Å²) in [4.78, 5) is 63.2. The third-order valence-electron chi connectivity index (χ3n) is 6.56. The van der Waals surface area contributed by atoms with Crippen LogP contribution in [0, 0.1) is 5.92 Å². The Morgan fingerprint density at radius 1 is 1.08 bits per heavy atom. The van der Waals surface area contributed by atoms with Crippen LogP contribution in [0.15, 0.2) is 30.3 Å². The number of aliphatic carboxylic acids is 2. The van der Waals surface area contributed by atoms with E-state index in [2.05, 4.69) is 10.6 Å². The molecule has 1 aromatic carbocycles. The number of amides is 3. The van der Waals surface area contributed by atoms with Gasteiger partial charge >= 0.3 is 11.9 Å². The second kappa shape index (κ2) is 13.6. The van der Waals surface area contributed by atoms with Crippen molar-refractivity contribution in [3.63, 3.8) is 0 Å². The van der Waals surface area contributed by atoms with E-state index in [9.17, 15) is 29.1 Å². The SMILES string of the molecule is CCC(C)C(N)C(=O)N1CCCC1C(=O)NC(Cc1ccccc1)C(=O)NC(CCC(=O)O)C(=O)O. The standard InChI is InChI=1S/C25H36N4O7/c1-3-15(2)21(26)24(34)29-13-7-10-19(29)23(33)28-18(14-16-8-5-4-6-9-16)22(32)27-17(25(35)36)11-12-20(30)31/h4-6,8-9,15,17-19,21H,3,7,10-14,26H2,1-2H3,(H,27,32)(H,28,33)(H,30,31)(H,35,36). The Kier molecular flexibility index (Phi) is 10.8. The second-order valence-electron chi connectivity index (χ2n) is 9.18. The summed E-state index contributed by atoms with van der Waals surface area (Å²) in [6.07, 6.45) is 1.08. The summed E-state index contributed by atoms with van der Waals surface area (Å²) in [5.74, 6) is -4.21. The van der Waals surface area contributed by atoms with Gasteiger partial charge in [0.1, 0.15) is 18.1 Å². The predicted molar refractivity (Wildman–Crippen MR) is 131 cm³/mol. The molecule has 0 aromatic heterocycles. The normalized spacial score (nSPS) is 18.5. The van der Waals surface area contributed by atoms with Gasteiger partial charge in [-0.25, -0.2) is 4.79 Å². The van der Waals surface area contributed by atoms with Crippen LogP contribution in [0.5, 0.6) is 0 Å². The van der Waals surface area contributed by atoms with Gasteiger partial charge in [-0.3, -0.25) is 19.2 Å². The van der Waals surface area contributed by atoms with Gasteiger partial charge in [0.15, 0.2) is 0 Å². The fourth-order valence-corrected chi connectivity index (χ4v) is 4.12. The molecule has 0 spiro atoms. The summed E-state index contributed by atoms with van der Waals surface area (Å²) in [7, 11) is 0. The van der Waals surface area contributed by atoms with Crippen LogP contribution < -0.4 is 16.4 Å². The third kappa shape index (κ3) is 8.04. The van der Waals surface area contributed by atoms with Crippen LogP contribution >= 0.6 is 0 Å². The summed E-state index contributed by atoms with van der Waals surface area (Å²) in [6, 6.07) is 4.78. The highest BCUT2D eigenvalue weighted by molar-refractivity contribution is 5.94. The average molecular weight is 505 g/mol. The van der Waals surface area contributed by atoms with Crippen molar-refractivity contribution >= 4 is 29.7 Å². The van der Waals surface area contributed by atoms with Crippen molar-refractivity contribution in [3.05, 3.63) is 35.9 Å². The number of hydrogen-bond acceptors (Lipinski definition) is 6. The maximum atomic E-state index is 13.2. The average Bonchev–Trinajstić information content (AvgIpc) is 3.35. The maximum absolute atomic E-state index is 13.2. The summed E-state index contributed by atoms with van der Waals surface area (Å²) >= 11 is 0. The molecule has 3 amide bonds. The highest BCUT2D eigenvalue weighted by Gasteiger charge is 2.38. The molecule has 5 atom stereocenters. The number of carboxylic acids is 2. The zero-order valence-corrected chi connectivity index (χ0v) is 20.7. The van der Waals surface area contributed by atoms with Crippen LogP contribution in [0.4, 0.5) is 0 Å². The molecule has 0 bridgehead atoms. The molecular formula is C25H36N4O7. The minimum absolute atomic E-state index is 0.0582. The van der Waals surface area contributed by atoms with E-state index >= 15 is 0 Å². The quantitative estimate of drug-likeness (QED) is 0.258. The summed E-state index contributed by atoms with van der Waals surface area (Å²) in [6.45, 7) is 4.18. The summed E-state index contributed by atoms with van der Waals surface area (Å²) < 4.78 is 0. The minimum atomic E-state index is -1.43. The molecule has 1 aromatic rings. The predicted octanol–water partition coefficient (Wildman–Crippen LogP) is 0.513. The molecule has 1 aliphatic rings. The molecule has 1 heterocycles. The lowest BCUT2D eigenvalue weighted by molar-refractivity contribution is -0.144. The lowest BCUT2D eigenvalue weighted by Crippen LogP contribution is -2.57. The van der Waals surface area contributed by atoms with Gasteiger partial charge in [0.25, 0.3) is 0 Å². The fourth-order valence-electron chi connectivity index (χ4n) is 4.12. The van der Waals surface area contributed by atoms with E-state index in [1.807, 2.05) is 13.8 Å². The van der Waals surface area contributed by atoms with Crippen molar-refractivity contribution in [1.82, 2.24) is 15.5 Å². The third-order valence-corrected chi connectivity index (χ3v) is 6.56. The molecule has 1 aliphatic heterocycles. The van der Waals surface area contributed by atoms with Crippen molar-refractivity contribution in [1.29, 1.82) is 0 Å². The fraction of sp³-hybridized carbons (Fsp3) is 0.560. The number of nitrogens with two attached hydrogens (primary N) is 1. The zero-order valence-electron chi connectivity index (χ0n) is 20.7. The molecule has 198 valence electrons. The van der Waals surface area contributed by atoms with Crippen LogP contribution in [0.25, 0.3) is 0 Å². The topological polar surface area (TPSA) is 179 Å². The van der Waals surface area contributed by atoms with E-state index in [0.717, 1.165) is 5.56 Å². The molecule has 0 saturated carbocycles. The first kappa shape index (κ1) is 28.8. The number of nitrogens with zero attached hydrogens (tertiary/aromatic N) is 1. The highest BCUT2D eigenvalue weighted by Crippen LogP contribution is 2.21. The van der Waals surface area contributed by atoms with Crippen molar-refractivity contribution in [2.24, 2.45) is 11.7 Å². The lowest BCUT2D eigenvalue weighted by atomic mass is 9.98. The van der Waals surface area contributed by atoms with Gasteiger partial charge in [0.05, 0.1) is 6.04 Å². The number of nitrogens with one attached hydrogen (secondary N) is 2. The van der Waals surface area contributed by atoms with Crippen molar-refractivity contribution in [2.45, 2.75) is 76.5 Å². The Hall–Kier alpha value is -3.47. The molecule has 5 unspecified atom stereocenters. The molecule has 0 aliphatic carbocycles. The largest absolute Gasteiger partial charge is 0.481 e. The van der Waals surface area contributed by atoms with Crippen LogP contribution in [-0.2, 0) is 30.4 Å². The molecular weight excluding hydrogens is 468 g/mol. The molecule has 1 saturated heterocycles. The van der Waals surface area contributed by atoms with Gasteiger partial charge in [-0.05, 0) is 30.7 Å². The van der Waals surface area contributed by atoms with E-state index in [0.29, 0.717) is 25.8 Å². The first-order chi connectivity index (χ1) is 17.0. The Labute approximate surface area is 210 Å². The van der Waals surface area contributed by atoms with Crippen LogP contribution in [-0.4, -0.2) is 75.5 Å². The highest BCUT2D eigenvalue weighted by atomic mass is 16.4. The van der Waals surface area contributed by atoms with Crippen LogP contribution in [0.2, 0.25) is 0 Å². The van der Waals surface area contributed by atoms with Crippen molar-refractivity contribution in [2.75, 3.05) is 6.54 Å². The zero-order chi connectivity index (χ0) is 26.8. The molecule has 36 heavy (non-hydrogen) atoms. The van der Waals surface area contributed by atoms with Crippen molar-refractivity contribution in [3.8, 4) is 0 Å². The first-order valence-corrected chi connectivity index (χ1v) is 12.2. The Bertz CT molecular complexity index is 940. The molecule has 6 N–H and O–H groups in total. The van der Waals surface area contributed by atoms with E-state index in [1.165, 1.54) is 4.90 Å². The Morgan fingerprint density at radius 2 is 1.75 bits per heavy atom. The van der Waals surface area contributed by atoms with E-state index in [1.54, 1.807) is 30.3 Å². The number of benzene rings is 1. The van der Waals surface area contributed by atoms with Gasteiger partial charge < -0.3 is 31.5 Å². The molecule has 1 fully saturated rings. The number of carboxylic acid groups (broad SMARTS) is 2. The van der Waals surface area contributed by atoms with E-state index in [-0.39, 0.29) is 24.7 Å². The van der Waals surface area contributed by atoms with Gasteiger partial charge in [-0.2, -0.15) is 0 Å². The van der Waals surface area contributed by atoms with Gasteiger partial charge in [-0.1, -0.05) is 50.6 Å². The Balaban J connectivity index is 2.19. The maximum Gasteiger partial charge on any atom is 0.326 e. The van der Waals surface area contributed by atoms with Gasteiger partial charge in [0.2, 0.25) is 17.7 Å². The molecule has 2 rings (SSSR count). The number of hydrogen-bond donors (Lipinski definition) is 5. The smallest absolute Gasteiger partial charge is 0.326 e. The summed E-state index contributed by atoms with van der Waals surface area (Å²) in [5, 5.41) is 23.3. The number of likely N-dealkylation sites (tertiary alicyclic amines) is 1. The lowest BCUT2D eigenvalue weighted by Gasteiger charge is -2.30. The minimum Gasteiger partial charge on any atom is -0.481 e. The molecule has 0 radical (unpaired) electrons. The monoisotopic (exact) mass is 504 g/mol. The van der Waals surface area contributed by atoms with Gasteiger partial charge in [-0.15, -0.1) is 0 Å². The second-order valence-corrected chi connectivity index (χ2v) is 9.18. The molecule has 11 heteroatoms. The van der Waals surface area contributed by atoms with Crippen LogP contribution in [0.3, 0.4) is 0 Å². The Morgan fingerprint density at radius 3 is 2.33 bits per heavy atom. The van der Waals surface area contributed by atoms with E-state index in [4.69, 9.17) is 10.8 Å². The van der Waals surface area contributed by atoms with Crippen LogP contribution in [0.1, 0.15) is 51.5 Å². The van der Waals surface area contributed by atoms with Gasteiger partial charge in [0, 0.05) is 19.4 Å². The summed E-state index contributed by atoms with van der Waals surface area (Å²) in [5.41, 5.74) is 6.84. The number of carbonyl (C=O) groups excluding carboxylic acids is 3. The van der Waals surface area contributed by atoms with E-state index < -0.39 is 54.3 Å². The number of rotatable bonds is 13. The van der Waals surface area contributed by atoms with Crippen molar-refractivity contribution < 1.29 is 34.2 Å². The first-order valence-electron chi connectivity index (χ1n) is 12.2. The number of carbonyl (C=O) groups is 5.